The van der Waals surface area contributed by atoms with E-state index in [0.717, 1.165) is 46.8 Å². The molecule has 200 valence electrons. The van der Waals surface area contributed by atoms with E-state index in [1.807, 2.05) is 37.7 Å². The van der Waals surface area contributed by atoms with Gasteiger partial charge >= 0.3 is 6.09 Å². The van der Waals surface area contributed by atoms with Crippen molar-refractivity contribution in [1.82, 2.24) is 14.7 Å². The smallest absolute Gasteiger partial charge is 0.410 e. The van der Waals surface area contributed by atoms with Crippen molar-refractivity contribution >= 4 is 44.5 Å². The molecule has 2 atom stereocenters. The molecule has 0 saturated carbocycles. The fraction of sp³-hybridized carbons (Fsp3) is 0.680. The Kier molecular flexibility index (Phi) is 9.51. The molecule has 1 aromatic heterocycles. The number of ether oxygens (including phenoxy) is 5. The molecule has 2 aliphatic heterocycles. The number of amides is 1. The fourth-order valence-electron chi connectivity index (χ4n) is 4.26. The van der Waals surface area contributed by atoms with Crippen molar-refractivity contribution in [2.45, 2.75) is 64.6 Å². The van der Waals surface area contributed by atoms with Gasteiger partial charge < -0.3 is 28.6 Å². The molecule has 11 heteroatoms. The highest BCUT2D eigenvalue weighted by Crippen LogP contribution is 2.36. The molecule has 1 unspecified atom stereocenters. The molecule has 1 amide bonds. The van der Waals surface area contributed by atoms with Crippen LogP contribution in [0, 0.1) is 0 Å². The zero-order chi connectivity index (χ0) is 25.7. The average Bonchev–Trinajstić information content (AvgIpc) is 3.26. The topological polar surface area (TPSA) is 84.3 Å². The average molecular weight is 589 g/mol. The standard InChI is InChI=1S/C25H35BrClN3O6/c1-25(2,3)36-24(31)29-7-9-34-17(14-29)15-32-10-11-33-16-19-20(27)12-21-18(23(19)26)13-28-30(21)22-6-4-5-8-35-22/h12-13,17,22H,4-11,14-16H2,1-3H3/t17-,22?/m1/s1. The molecule has 36 heavy (non-hydrogen) atoms. The van der Waals surface area contributed by atoms with E-state index in [-0.39, 0.29) is 18.4 Å². The second-order valence-electron chi connectivity index (χ2n) is 10.0. The van der Waals surface area contributed by atoms with Crippen LogP contribution in [0.2, 0.25) is 5.02 Å². The molecular formula is C25H35BrClN3O6. The zero-order valence-corrected chi connectivity index (χ0v) is 23.5. The van der Waals surface area contributed by atoms with Crippen LogP contribution in [0.15, 0.2) is 16.7 Å². The van der Waals surface area contributed by atoms with E-state index >= 15 is 0 Å². The molecule has 2 aliphatic rings. The molecule has 4 rings (SSSR count). The van der Waals surface area contributed by atoms with E-state index in [4.69, 9.17) is 35.3 Å². The van der Waals surface area contributed by atoms with Gasteiger partial charge in [0.25, 0.3) is 0 Å². The molecule has 3 heterocycles. The first-order chi connectivity index (χ1) is 17.2. The molecule has 0 spiro atoms. The largest absolute Gasteiger partial charge is 0.444 e. The first-order valence-electron chi connectivity index (χ1n) is 12.4. The summed E-state index contributed by atoms with van der Waals surface area (Å²) >= 11 is 10.3. The van der Waals surface area contributed by atoms with Crippen LogP contribution in [0.5, 0.6) is 0 Å². The van der Waals surface area contributed by atoms with Crippen molar-refractivity contribution in [3.8, 4) is 0 Å². The summed E-state index contributed by atoms with van der Waals surface area (Å²) in [6.07, 6.45) is 4.43. The molecular weight excluding hydrogens is 554 g/mol. The Morgan fingerprint density at radius 1 is 1.22 bits per heavy atom. The molecule has 2 fully saturated rings. The fourth-order valence-corrected chi connectivity index (χ4v) is 5.26. The quantitative estimate of drug-likeness (QED) is 0.386. The number of aromatic nitrogens is 2. The van der Waals surface area contributed by atoms with E-state index < -0.39 is 5.60 Å². The molecule has 0 bridgehead atoms. The number of nitrogens with zero attached hydrogens (tertiary/aromatic N) is 3. The lowest BCUT2D eigenvalue weighted by molar-refractivity contribution is -0.0781. The van der Waals surface area contributed by atoms with Crippen LogP contribution in [0.1, 0.15) is 51.8 Å². The third kappa shape index (κ3) is 7.11. The summed E-state index contributed by atoms with van der Waals surface area (Å²) in [5.41, 5.74) is 1.29. The third-order valence-corrected chi connectivity index (χ3v) is 7.27. The Morgan fingerprint density at radius 2 is 2.03 bits per heavy atom. The van der Waals surface area contributed by atoms with Crippen LogP contribution in [-0.4, -0.2) is 78.6 Å². The zero-order valence-electron chi connectivity index (χ0n) is 21.1. The first kappa shape index (κ1) is 27.6. The van der Waals surface area contributed by atoms with Crippen molar-refractivity contribution in [1.29, 1.82) is 0 Å². The number of morpholine rings is 1. The van der Waals surface area contributed by atoms with Crippen LogP contribution >= 0.6 is 27.5 Å². The third-order valence-electron chi connectivity index (χ3n) is 6.03. The summed E-state index contributed by atoms with van der Waals surface area (Å²) in [5.74, 6) is 0. The minimum absolute atomic E-state index is 0.0529. The molecule has 0 N–H and O–H groups in total. The van der Waals surface area contributed by atoms with Gasteiger partial charge in [0.05, 0.1) is 57.4 Å². The normalized spacial score (nSPS) is 21.2. The second kappa shape index (κ2) is 12.4. The number of hydrogen-bond acceptors (Lipinski definition) is 7. The van der Waals surface area contributed by atoms with Gasteiger partial charge in [0.15, 0.2) is 6.23 Å². The van der Waals surface area contributed by atoms with Crippen molar-refractivity contribution < 1.29 is 28.5 Å². The monoisotopic (exact) mass is 587 g/mol. The van der Waals surface area contributed by atoms with Crippen LogP contribution in [0.3, 0.4) is 0 Å². The van der Waals surface area contributed by atoms with Crippen LogP contribution < -0.4 is 0 Å². The van der Waals surface area contributed by atoms with Gasteiger partial charge in [-0.3, -0.25) is 0 Å². The van der Waals surface area contributed by atoms with Gasteiger partial charge in [-0.25, -0.2) is 9.48 Å². The molecule has 1 aromatic carbocycles. The highest BCUT2D eigenvalue weighted by molar-refractivity contribution is 9.10. The lowest BCUT2D eigenvalue weighted by Gasteiger charge is -2.34. The van der Waals surface area contributed by atoms with Crippen LogP contribution in [-0.2, 0) is 30.3 Å². The van der Waals surface area contributed by atoms with Gasteiger partial charge in [0, 0.05) is 33.6 Å². The lowest BCUT2D eigenvalue weighted by atomic mass is 10.1. The Balaban J connectivity index is 1.22. The molecule has 2 saturated heterocycles. The van der Waals surface area contributed by atoms with E-state index in [2.05, 4.69) is 21.0 Å². The summed E-state index contributed by atoms with van der Waals surface area (Å²) < 4.78 is 31.4. The summed E-state index contributed by atoms with van der Waals surface area (Å²) in [5, 5.41) is 6.15. The Morgan fingerprint density at radius 3 is 2.78 bits per heavy atom. The van der Waals surface area contributed by atoms with Gasteiger partial charge in [-0.2, -0.15) is 5.10 Å². The molecule has 2 aromatic rings. The van der Waals surface area contributed by atoms with E-state index in [0.29, 0.717) is 51.1 Å². The summed E-state index contributed by atoms with van der Waals surface area (Å²) in [4.78, 5) is 14.0. The summed E-state index contributed by atoms with van der Waals surface area (Å²) in [7, 11) is 0. The van der Waals surface area contributed by atoms with E-state index in [9.17, 15) is 4.79 Å². The van der Waals surface area contributed by atoms with E-state index in [1.54, 1.807) is 4.90 Å². The number of hydrogen-bond donors (Lipinski definition) is 0. The Hall–Kier alpha value is -1.43. The predicted octanol–water partition coefficient (Wildman–Crippen LogP) is 5.32. The van der Waals surface area contributed by atoms with Crippen LogP contribution in [0.25, 0.3) is 10.9 Å². The van der Waals surface area contributed by atoms with Crippen molar-refractivity contribution in [2.24, 2.45) is 0 Å². The number of fused-ring (bicyclic) bond motifs is 1. The number of benzene rings is 1. The van der Waals surface area contributed by atoms with Crippen molar-refractivity contribution in [3.05, 3.63) is 27.3 Å². The maximum absolute atomic E-state index is 12.3. The number of halogens is 2. The van der Waals surface area contributed by atoms with Gasteiger partial charge in [0.1, 0.15) is 5.60 Å². The maximum atomic E-state index is 12.3. The predicted molar refractivity (Wildman–Crippen MR) is 139 cm³/mol. The van der Waals surface area contributed by atoms with E-state index in [1.165, 1.54) is 0 Å². The number of rotatable bonds is 8. The van der Waals surface area contributed by atoms with Gasteiger partial charge in [-0.05, 0) is 62.0 Å². The summed E-state index contributed by atoms with van der Waals surface area (Å²) in [6.45, 7) is 9.27. The minimum Gasteiger partial charge on any atom is -0.444 e. The van der Waals surface area contributed by atoms with Gasteiger partial charge in [0.2, 0.25) is 0 Å². The van der Waals surface area contributed by atoms with Crippen LogP contribution in [0.4, 0.5) is 4.79 Å². The maximum Gasteiger partial charge on any atom is 0.410 e. The summed E-state index contributed by atoms with van der Waals surface area (Å²) in [6, 6.07) is 1.93. The Labute approximate surface area is 225 Å². The van der Waals surface area contributed by atoms with Crippen molar-refractivity contribution in [3.63, 3.8) is 0 Å². The number of carbonyl (C=O) groups is 1. The minimum atomic E-state index is -0.522. The SMILES string of the molecule is CC(C)(C)OC(=O)N1CCO[C@@H](COCCOCc2c(Cl)cc3c(cnn3C3CCCCO3)c2Br)C1. The first-order valence-corrected chi connectivity index (χ1v) is 13.6. The molecule has 0 aliphatic carbocycles. The van der Waals surface area contributed by atoms with Gasteiger partial charge in [-0.1, -0.05) is 11.6 Å². The van der Waals surface area contributed by atoms with Crippen molar-refractivity contribution in [2.75, 3.05) is 46.1 Å². The highest BCUT2D eigenvalue weighted by Gasteiger charge is 2.28. The number of carbonyl (C=O) groups excluding carboxylic acids is 1. The Bertz CT molecular complexity index is 1040. The van der Waals surface area contributed by atoms with Gasteiger partial charge in [-0.15, -0.1) is 0 Å². The molecule has 9 nitrogen and oxygen atoms in total. The molecule has 0 radical (unpaired) electrons. The highest BCUT2D eigenvalue weighted by atomic mass is 79.9. The lowest BCUT2D eigenvalue weighted by Crippen LogP contribution is -2.48. The second-order valence-corrected chi connectivity index (χ2v) is 11.2.